The highest BCUT2D eigenvalue weighted by Gasteiger charge is 1.99. The number of hydrogen-bond acceptors (Lipinski definition) is 1. The van der Waals surface area contributed by atoms with Gasteiger partial charge in [0.25, 0.3) is 0 Å². The Morgan fingerprint density at radius 2 is 2.15 bits per heavy atom. The maximum Gasteiger partial charge on any atom is 0.187 e. The first-order chi connectivity index (χ1) is 6.31. The molecule has 2 aromatic rings. The van der Waals surface area contributed by atoms with Crippen LogP contribution in [-0.2, 0) is 0 Å². The number of hydrogen-bond donors (Lipinski definition) is 0. The lowest BCUT2D eigenvalue weighted by molar-refractivity contribution is 1.36. The summed E-state index contributed by atoms with van der Waals surface area (Å²) < 4.78 is 0. The fourth-order valence-electron chi connectivity index (χ4n) is 1.20. The van der Waals surface area contributed by atoms with E-state index in [4.69, 9.17) is 18.2 Å². The molecule has 3 heteroatoms. The van der Waals surface area contributed by atoms with Gasteiger partial charge < -0.3 is 0 Å². The monoisotopic (exact) mass is 188 g/mol. The summed E-state index contributed by atoms with van der Waals surface area (Å²) >= 11 is 5.86. The zero-order valence-electron chi connectivity index (χ0n) is 6.66. The van der Waals surface area contributed by atoms with Crippen LogP contribution in [0.4, 0.5) is 5.69 Å². The molecular weight excluding hydrogens is 184 g/mol. The molecule has 0 aliphatic heterocycles. The van der Waals surface area contributed by atoms with Gasteiger partial charge in [0.15, 0.2) is 5.69 Å². The van der Waals surface area contributed by atoms with Gasteiger partial charge in [-0.25, -0.2) is 9.83 Å². The van der Waals surface area contributed by atoms with Crippen molar-refractivity contribution in [1.29, 1.82) is 0 Å². The van der Waals surface area contributed by atoms with E-state index in [1.54, 1.807) is 18.3 Å². The summed E-state index contributed by atoms with van der Waals surface area (Å²) in [6.45, 7) is 6.85. The average Bonchev–Trinajstić information content (AvgIpc) is 2.18. The molecule has 0 aliphatic rings. The van der Waals surface area contributed by atoms with Gasteiger partial charge in [0, 0.05) is 11.6 Å². The summed E-state index contributed by atoms with van der Waals surface area (Å²) in [5.41, 5.74) is 0.620. The molecule has 1 aromatic carbocycles. The Hall–Kier alpha value is -1.59. The van der Waals surface area contributed by atoms with E-state index in [-0.39, 0.29) is 0 Å². The molecule has 0 amide bonds. The van der Waals surface area contributed by atoms with E-state index in [2.05, 4.69) is 9.83 Å². The second kappa shape index (κ2) is 3.04. The number of aromatic nitrogens is 1. The van der Waals surface area contributed by atoms with Crippen molar-refractivity contribution in [1.82, 2.24) is 4.98 Å². The summed E-state index contributed by atoms with van der Waals surface area (Å²) in [4.78, 5) is 7.29. The Bertz CT molecular complexity index is 500. The number of fused-ring (bicyclic) bond motifs is 1. The number of nitrogens with zero attached hydrogens (tertiary/aromatic N) is 2. The first-order valence-electron chi connectivity index (χ1n) is 3.73. The topological polar surface area (TPSA) is 17.2 Å². The molecule has 0 saturated heterocycles. The molecule has 13 heavy (non-hydrogen) atoms. The van der Waals surface area contributed by atoms with Gasteiger partial charge in [0.05, 0.1) is 6.57 Å². The number of halogens is 1. The molecule has 0 fully saturated rings. The smallest absolute Gasteiger partial charge is 0.187 e. The summed E-state index contributed by atoms with van der Waals surface area (Å²) in [6.07, 6.45) is 1.64. The second-order valence-electron chi connectivity index (χ2n) is 2.62. The van der Waals surface area contributed by atoms with Crippen LogP contribution < -0.4 is 0 Å². The van der Waals surface area contributed by atoms with Gasteiger partial charge >= 0.3 is 0 Å². The highest BCUT2D eigenvalue weighted by Crippen LogP contribution is 2.25. The maximum absolute atomic E-state index is 6.85. The molecule has 0 bridgehead atoms. The van der Waals surface area contributed by atoms with Gasteiger partial charge in [-0.05, 0) is 17.5 Å². The van der Waals surface area contributed by atoms with Crippen LogP contribution in [0.2, 0.25) is 5.15 Å². The lowest BCUT2D eigenvalue weighted by atomic mass is 10.1. The molecule has 1 aromatic heterocycles. The molecule has 0 unspecified atom stereocenters. The van der Waals surface area contributed by atoms with Crippen molar-refractivity contribution in [3.05, 3.63) is 47.0 Å². The van der Waals surface area contributed by atoms with Gasteiger partial charge in [-0.2, -0.15) is 0 Å². The SMILES string of the molecule is [C-]#[N+]c1ccc2c(Cl)nccc2c1. The fourth-order valence-corrected chi connectivity index (χ4v) is 1.43. The lowest BCUT2D eigenvalue weighted by Gasteiger charge is -1.98. The largest absolute Gasteiger partial charge is 0.244 e. The van der Waals surface area contributed by atoms with Gasteiger partial charge in [-0.15, -0.1) is 0 Å². The van der Waals surface area contributed by atoms with Gasteiger partial charge in [0.1, 0.15) is 5.15 Å². The first-order valence-corrected chi connectivity index (χ1v) is 4.11. The molecule has 0 atom stereocenters. The Kier molecular flexibility index (Phi) is 1.88. The zero-order valence-corrected chi connectivity index (χ0v) is 7.42. The van der Waals surface area contributed by atoms with Crippen LogP contribution in [0, 0.1) is 6.57 Å². The second-order valence-corrected chi connectivity index (χ2v) is 2.98. The van der Waals surface area contributed by atoms with E-state index in [9.17, 15) is 0 Å². The minimum Gasteiger partial charge on any atom is -0.244 e. The minimum absolute atomic E-state index is 0.481. The Morgan fingerprint density at radius 3 is 2.92 bits per heavy atom. The highest BCUT2D eigenvalue weighted by atomic mass is 35.5. The summed E-state index contributed by atoms with van der Waals surface area (Å²) in [7, 11) is 0. The summed E-state index contributed by atoms with van der Waals surface area (Å²) in [6, 6.07) is 7.20. The van der Waals surface area contributed by atoms with E-state index >= 15 is 0 Å². The molecule has 62 valence electrons. The van der Waals surface area contributed by atoms with Crippen LogP contribution in [0.5, 0.6) is 0 Å². The van der Waals surface area contributed by atoms with E-state index in [0.29, 0.717) is 10.8 Å². The van der Waals surface area contributed by atoms with Crippen molar-refractivity contribution in [3.63, 3.8) is 0 Å². The highest BCUT2D eigenvalue weighted by molar-refractivity contribution is 6.34. The molecule has 0 spiro atoms. The number of pyridine rings is 1. The Morgan fingerprint density at radius 1 is 1.31 bits per heavy atom. The van der Waals surface area contributed by atoms with Crippen LogP contribution in [0.3, 0.4) is 0 Å². The summed E-state index contributed by atoms with van der Waals surface area (Å²) in [5.74, 6) is 0. The molecule has 0 radical (unpaired) electrons. The maximum atomic E-state index is 6.85. The lowest BCUT2D eigenvalue weighted by Crippen LogP contribution is -1.77. The van der Waals surface area contributed by atoms with Crippen molar-refractivity contribution in [2.45, 2.75) is 0 Å². The normalized spacial score (nSPS) is 9.85. The van der Waals surface area contributed by atoms with Crippen LogP contribution in [-0.4, -0.2) is 4.98 Å². The predicted molar refractivity (Wildman–Crippen MR) is 53.0 cm³/mol. The standard InChI is InChI=1S/C10H5ClN2/c1-12-8-2-3-9-7(6-8)4-5-13-10(9)11/h2-6H. The third-order valence-electron chi connectivity index (χ3n) is 1.83. The predicted octanol–water partition coefficient (Wildman–Crippen LogP) is 3.44. The van der Waals surface area contributed by atoms with Crippen LogP contribution >= 0.6 is 11.6 Å². The first kappa shape index (κ1) is 8.03. The molecular formula is C10H5ClN2. The third-order valence-corrected chi connectivity index (χ3v) is 2.13. The van der Waals surface area contributed by atoms with E-state index in [0.717, 1.165) is 10.8 Å². The quantitative estimate of drug-likeness (QED) is 0.457. The van der Waals surface area contributed by atoms with Crippen molar-refractivity contribution in [3.8, 4) is 0 Å². The molecule has 0 saturated carbocycles. The fraction of sp³-hybridized carbons (Fsp3) is 0. The van der Waals surface area contributed by atoms with Gasteiger partial charge in [-0.1, -0.05) is 23.7 Å². The third kappa shape index (κ3) is 1.34. The number of rotatable bonds is 0. The van der Waals surface area contributed by atoms with Crippen molar-refractivity contribution >= 4 is 28.1 Å². The molecule has 1 heterocycles. The van der Waals surface area contributed by atoms with E-state index < -0.39 is 0 Å². The van der Waals surface area contributed by atoms with E-state index in [1.807, 2.05) is 12.1 Å². The summed E-state index contributed by atoms with van der Waals surface area (Å²) in [5, 5.41) is 2.32. The van der Waals surface area contributed by atoms with Crippen LogP contribution in [0.1, 0.15) is 0 Å². The number of benzene rings is 1. The minimum atomic E-state index is 0.481. The van der Waals surface area contributed by atoms with Crippen molar-refractivity contribution in [2.75, 3.05) is 0 Å². The van der Waals surface area contributed by atoms with Gasteiger partial charge in [0.2, 0.25) is 0 Å². The Labute approximate surface area is 80.6 Å². The zero-order chi connectivity index (χ0) is 9.26. The molecule has 2 nitrogen and oxygen atoms in total. The molecule has 0 aliphatic carbocycles. The average molecular weight is 189 g/mol. The van der Waals surface area contributed by atoms with Crippen LogP contribution in [0.15, 0.2) is 30.5 Å². The van der Waals surface area contributed by atoms with Crippen LogP contribution in [0.25, 0.3) is 15.6 Å². The Balaban J connectivity index is 2.82. The molecule has 2 rings (SSSR count). The molecule has 0 N–H and O–H groups in total. The van der Waals surface area contributed by atoms with Crippen molar-refractivity contribution < 1.29 is 0 Å². The van der Waals surface area contributed by atoms with Gasteiger partial charge in [-0.3, -0.25) is 0 Å². The van der Waals surface area contributed by atoms with Crippen molar-refractivity contribution in [2.24, 2.45) is 0 Å². The van der Waals surface area contributed by atoms with E-state index in [1.165, 1.54) is 0 Å².